The lowest BCUT2D eigenvalue weighted by atomic mass is 10.1. The molecular weight excluding hydrogens is 252 g/mol. The molecule has 1 aromatic rings. The summed E-state index contributed by atoms with van der Waals surface area (Å²) in [4.78, 5) is 12.5. The third kappa shape index (κ3) is 4.76. The average molecular weight is 280 g/mol. The van der Waals surface area contributed by atoms with Crippen LogP contribution in [0.25, 0.3) is 0 Å². The van der Waals surface area contributed by atoms with E-state index in [9.17, 15) is 4.79 Å². The highest BCUT2D eigenvalue weighted by Crippen LogP contribution is 2.13. The number of rotatable bonds is 9. The van der Waals surface area contributed by atoms with E-state index in [4.69, 9.17) is 4.74 Å². The van der Waals surface area contributed by atoms with E-state index >= 15 is 0 Å². The fourth-order valence-corrected chi connectivity index (χ4v) is 2.21. The molecule has 0 amide bonds. The van der Waals surface area contributed by atoms with Gasteiger partial charge in [-0.1, -0.05) is 33.3 Å². The number of hydrogen-bond acceptors (Lipinski definition) is 3. The lowest BCUT2D eigenvalue weighted by Gasteiger charge is -2.17. The number of aromatic nitrogens is 1. The van der Waals surface area contributed by atoms with Crippen molar-refractivity contribution in [2.24, 2.45) is 0 Å². The normalized spacial score (nSPS) is 11.2. The van der Waals surface area contributed by atoms with Crippen molar-refractivity contribution in [2.75, 3.05) is 20.3 Å². The van der Waals surface area contributed by atoms with Crippen molar-refractivity contribution in [3.8, 4) is 0 Å². The first-order valence-corrected chi connectivity index (χ1v) is 7.54. The Morgan fingerprint density at radius 1 is 1.35 bits per heavy atom. The Balaban J connectivity index is 2.89. The minimum absolute atomic E-state index is 0.109. The molecule has 0 fully saturated rings. The first-order chi connectivity index (χ1) is 9.61. The Hall–Kier alpha value is -1.13. The summed E-state index contributed by atoms with van der Waals surface area (Å²) in [5.74, 6) is 0.335. The molecule has 20 heavy (non-hydrogen) atoms. The Labute approximate surface area is 122 Å². The molecule has 0 atom stereocenters. The summed E-state index contributed by atoms with van der Waals surface area (Å²) in [6, 6.07) is 4.03. The van der Waals surface area contributed by atoms with Crippen molar-refractivity contribution < 1.29 is 4.74 Å². The van der Waals surface area contributed by atoms with Crippen molar-refractivity contribution in [1.82, 2.24) is 9.88 Å². The van der Waals surface area contributed by atoms with Crippen LogP contribution in [0.4, 0.5) is 0 Å². The smallest absolute Gasteiger partial charge is 0.255 e. The zero-order valence-corrected chi connectivity index (χ0v) is 13.2. The van der Waals surface area contributed by atoms with E-state index in [1.165, 1.54) is 0 Å². The van der Waals surface area contributed by atoms with E-state index in [2.05, 4.69) is 32.2 Å². The van der Waals surface area contributed by atoms with Gasteiger partial charge in [-0.05, 0) is 24.9 Å². The van der Waals surface area contributed by atoms with Crippen molar-refractivity contribution in [1.29, 1.82) is 0 Å². The predicted octanol–water partition coefficient (Wildman–Crippen LogP) is 2.51. The Morgan fingerprint density at radius 3 is 2.70 bits per heavy atom. The molecule has 1 aromatic heterocycles. The molecular formula is C16H28N2O2. The molecule has 0 radical (unpaired) electrons. The van der Waals surface area contributed by atoms with Crippen LogP contribution in [0.2, 0.25) is 0 Å². The number of pyridine rings is 1. The van der Waals surface area contributed by atoms with E-state index in [1.54, 1.807) is 7.11 Å². The van der Waals surface area contributed by atoms with E-state index in [-0.39, 0.29) is 5.56 Å². The zero-order chi connectivity index (χ0) is 15.0. The van der Waals surface area contributed by atoms with E-state index in [0.717, 1.165) is 30.6 Å². The van der Waals surface area contributed by atoms with Gasteiger partial charge in [0.2, 0.25) is 0 Å². The maximum atomic E-state index is 12.5. The number of nitrogens with one attached hydrogen (secondary N) is 1. The maximum absolute atomic E-state index is 12.5. The molecule has 4 heteroatoms. The lowest BCUT2D eigenvalue weighted by Crippen LogP contribution is -2.31. The molecule has 0 aromatic carbocycles. The van der Waals surface area contributed by atoms with Gasteiger partial charge < -0.3 is 14.6 Å². The standard InChI is InChI=1S/C16H28N2O2/c1-5-6-9-17-12-14-7-8-15(13(2)3)18(16(14)19)10-11-20-4/h7-8,13,17H,5-6,9-12H2,1-4H3. The summed E-state index contributed by atoms with van der Waals surface area (Å²) in [6.07, 6.45) is 2.30. The highest BCUT2D eigenvalue weighted by Gasteiger charge is 2.11. The Morgan fingerprint density at radius 2 is 2.10 bits per heavy atom. The minimum atomic E-state index is 0.109. The summed E-state index contributed by atoms with van der Waals surface area (Å²) < 4.78 is 6.97. The van der Waals surface area contributed by atoms with Crippen LogP contribution in [-0.2, 0) is 17.8 Å². The molecule has 0 bridgehead atoms. The monoisotopic (exact) mass is 280 g/mol. The van der Waals surface area contributed by atoms with Crippen LogP contribution in [0.1, 0.15) is 50.8 Å². The van der Waals surface area contributed by atoms with E-state index < -0.39 is 0 Å². The molecule has 0 saturated heterocycles. The first-order valence-electron chi connectivity index (χ1n) is 7.54. The fraction of sp³-hybridized carbons (Fsp3) is 0.688. The summed E-state index contributed by atoms with van der Waals surface area (Å²) in [5.41, 5.74) is 2.02. The van der Waals surface area contributed by atoms with Gasteiger partial charge in [-0.15, -0.1) is 0 Å². The first kappa shape index (κ1) is 16.9. The van der Waals surface area contributed by atoms with Crippen LogP contribution in [0.5, 0.6) is 0 Å². The largest absolute Gasteiger partial charge is 0.383 e. The van der Waals surface area contributed by atoms with Gasteiger partial charge in [0, 0.05) is 31.5 Å². The van der Waals surface area contributed by atoms with Crippen LogP contribution in [0.3, 0.4) is 0 Å². The Bertz CT molecular complexity index is 452. The van der Waals surface area contributed by atoms with Gasteiger partial charge in [-0.2, -0.15) is 0 Å². The van der Waals surface area contributed by atoms with Crippen LogP contribution in [0.15, 0.2) is 16.9 Å². The highest BCUT2D eigenvalue weighted by atomic mass is 16.5. The SMILES string of the molecule is CCCCNCc1ccc(C(C)C)n(CCOC)c1=O. The van der Waals surface area contributed by atoms with Crippen LogP contribution in [-0.4, -0.2) is 24.8 Å². The lowest BCUT2D eigenvalue weighted by molar-refractivity contribution is 0.185. The van der Waals surface area contributed by atoms with Gasteiger partial charge in [-0.3, -0.25) is 4.79 Å². The van der Waals surface area contributed by atoms with Crippen LogP contribution >= 0.6 is 0 Å². The molecule has 0 aliphatic carbocycles. The number of nitrogens with zero attached hydrogens (tertiary/aromatic N) is 1. The molecule has 1 heterocycles. The number of unbranched alkanes of at least 4 members (excludes halogenated alkanes) is 1. The molecule has 0 aliphatic rings. The van der Waals surface area contributed by atoms with Crippen molar-refractivity contribution in [3.63, 3.8) is 0 Å². The van der Waals surface area contributed by atoms with Crippen molar-refractivity contribution >= 4 is 0 Å². The minimum Gasteiger partial charge on any atom is -0.383 e. The van der Waals surface area contributed by atoms with E-state index in [0.29, 0.717) is 25.6 Å². The topological polar surface area (TPSA) is 43.3 Å². The zero-order valence-electron chi connectivity index (χ0n) is 13.2. The highest BCUT2D eigenvalue weighted by molar-refractivity contribution is 5.18. The van der Waals surface area contributed by atoms with Gasteiger partial charge in [0.15, 0.2) is 0 Å². The third-order valence-corrected chi connectivity index (χ3v) is 3.42. The number of methoxy groups -OCH3 is 1. The van der Waals surface area contributed by atoms with Gasteiger partial charge in [0.05, 0.1) is 6.61 Å². The Kier molecular flexibility index (Phi) is 7.55. The molecule has 0 saturated carbocycles. The second-order valence-corrected chi connectivity index (χ2v) is 5.42. The van der Waals surface area contributed by atoms with Crippen molar-refractivity contribution in [3.05, 3.63) is 33.7 Å². The third-order valence-electron chi connectivity index (χ3n) is 3.42. The molecule has 0 unspecified atom stereocenters. The molecule has 0 aliphatic heterocycles. The van der Waals surface area contributed by atoms with Crippen LogP contribution in [0, 0.1) is 0 Å². The summed E-state index contributed by atoms with van der Waals surface area (Å²) in [5, 5.41) is 3.33. The second-order valence-electron chi connectivity index (χ2n) is 5.42. The average Bonchev–Trinajstić information content (AvgIpc) is 2.43. The van der Waals surface area contributed by atoms with Crippen LogP contribution < -0.4 is 10.9 Å². The molecule has 0 spiro atoms. The van der Waals surface area contributed by atoms with Gasteiger partial charge in [0.25, 0.3) is 5.56 Å². The second kappa shape index (κ2) is 8.93. The molecule has 1 N–H and O–H groups in total. The quantitative estimate of drug-likeness (QED) is 0.707. The van der Waals surface area contributed by atoms with Gasteiger partial charge in [-0.25, -0.2) is 0 Å². The van der Waals surface area contributed by atoms with Gasteiger partial charge in [0.1, 0.15) is 0 Å². The number of ether oxygens (including phenoxy) is 1. The maximum Gasteiger partial charge on any atom is 0.255 e. The molecule has 1 rings (SSSR count). The van der Waals surface area contributed by atoms with Crippen molar-refractivity contribution in [2.45, 2.75) is 52.6 Å². The summed E-state index contributed by atoms with van der Waals surface area (Å²) in [7, 11) is 1.66. The van der Waals surface area contributed by atoms with Gasteiger partial charge >= 0.3 is 0 Å². The van der Waals surface area contributed by atoms with E-state index in [1.807, 2.05) is 10.6 Å². The molecule has 114 valence electrons. The summed E-state index contributed by atoms with van der Waals surface area (Å²) in [6.45, 7) is 9.16. The fourth-order valence-electron chi connectivity index (χ4n) is 2.21. The summed E-state index contributed by atoms with van der Waals surface area (Å²) >= 11 is 0. The number of hydrogen-bond donors (Lipinski definition) is 1. The molecule has 4 nitrogen and oxygen atoms in total. The predicted molar refractivity (Wildman–Crippen MR) is 83.3 cm³/mol.